The van der Waals surface area contributed by atoms with Gasteiger partial charge in [0.2, 0.25) is 5.88 Å². The average Bonchev–Trinajstić information content (AvgIpc) is 3.32. The molecule has 0 aliphatic carbocycles. The maximum absolute atomic E-state index is 13.7. The quantitative estimate of drug-likeness (QED) is 0.346. The maximum Gasteiger partial charge on any atom is 0.330 e. The molecular formula is C23H24FN5O5. The lowest BCUT2D eigenvalue weighted by atomic mass is 10.0. The van der Waals surface area contributed by atoms with Crippen molar-refractivity contribution in [3.8, 4) is 5.88 Å². The Morgan fingerprint density at radius 1 is 1.29 bits per heavy atom. The topological polar surface area (TPSA) is 141 Å². The van der Waals surface area contributed by atoms with Crippen LogP contribution < -0.4 is 16.3 Å². The zero-order valence-electron chi connectivity index (χ0n) is 18.8. The number of nitrogens with zero attached hydrogens (tertiary/aromatic N) is 2. The number of carbonyl (C=O) groups is 2. The number of halogens is 1. The van der Waals surface area contributed by atoms with Gasteiger partial charge in [0.05, 0.1) is 30.0 Å². The van der Waals surface area contributed by atoms with E-state index in [0.29, 0.717) is 33.8 Å². The molecule has 11 heteroatoms. The molecule has 0 saturated carbocycles. The van der Waals surface area contributed by atoms with E-state index < -0.39 is 23.5 Å². The standard InChI is InChI=1S/C23H24FN5O5/c1-11-18(7-16-15-6-13(24)4-5-17(15)27-21(16)32)26-12(2)20(11)22(33)25-8-14(30)9-29-19(31)10-28(3)23(29)34/h4-7,10,14,26,30-31H,8-9H2,1-3H3,(H,25,33)(H,27,32)/t14-/m0/s1. The Bertz CT molecular complexity index is 1400. The number of aromatic hydroxyl groups is 1. The first kappa shape index (κ1) is 23.1. The second kappa shape index (κ2) is 8.67. The van der Waals surface area contributed by atoms with Gasteiger partial charge in [-0.05, 0) is 43.7 Å². The average molecular weight is 469 g/mol. The van der Waals surface area contributed by atoms with Crippen LogP contribution in [0.1, 0.15) is 32.9 Å². The van der Waals surface area contributed by atoms with Crippen LogP contribution in [0.15, 0.2) is 29.2 Å². The van der Waals surface area contributed by atoms with Crippen molar-refractivity contribution >= 4 is 29.2 Å². The van der Waals surface area contributed by atoms with Crippen LogP contribution in [0.3, 0.4) is 0 Å². The summed E-state index contributed by atoms with van der Waals surface area (Å²) in [6, 6.07) is 4.03. The van der Waals surface area contributed by atoms with Crippen LogP contribution in [0.25, 0.3) is 11.6 Å². The zero-order chi connectivity index (χ0) is 24.7. The predicted octanol–water partition coefficient (Wildman–Crippen LogP) is 1.26. The third-order valence-corrected chi connectivity index (χ3v) is 5.77. The second-order valence-electron chi connectivity index (χ2n) is 8.22. The highest BCUT2D eigenvalue weighted by Crippen LogP contribution is 2.34. The summed E-state index contributed by atoms with van der Waals surface area (Å²) >= 11 is 0. The summed E-state index contributed by atoms with van der Waals surface area (Å²) in [5, 5.41) is 25.3. The molecule has 0 saturated heterocycles. The first-order chi connectivity index (χ1) is 16.1. The summed E-state index contributed by atoms with van der Waals surface area (Å²) in [5.74, 6) is -1.58. The van der Waals surface area contributed by atoms with Gasteiger partial charge in [-0.3, -0.25) is 18.7 Å². The molecular weight excluding hydrogens is 445 g/mol. The molecule has 5 N–H and O–H groups in total. The largest absolute Gasteiger partial charge is 0.493 e. The fraction of sp³-hybridized carbons (Fsp3) is 0.261. The molecule has 2 amide bonds. The molecule has 1 atom stereocenters. The molecule has 1 aromatic carbocycles. The summed E-state index contributed by atoms with van der Waals surface area (Å²) in [5.41, 5.74) is 2.71. The van der Waals surface area contributed by atoms with Crippen molar-refractivity contribution in [3.05, 3.63) is 68.8 Å². The number of amides is 2. The Labute approximate surface area is 193 Å². The fourth-order valence-corrected chi connectivity index (χ4v) is 4.04. The third kappa shape index (κ3) is 4.13. The number of aryl methyl sites for hydroxylation is 2. The lowest BCUT2D eigenvalue weighted by Crippen LogP contribution is -2.37. The zero-order valence-corrected chi connectivity index (χ0v) is 18.8. The van der Waals surface area contributed by atoms with Gasteiger partial charge < -0.3 is 25.8 Å². The Morgan fingerprint density at radius 3 is 2.71 bits per heavy atom. The number of aliphatic hydroxyl groups excluding tert-OH is 1. The van der Waals surface area contributed by atoms with Gasteiger partial charge in [-0.2, -0.15) is 0 Å². The van der Waals surface area contributed by atoms with E-state index in [1.807, 2.05) is 0 Å². The SMILES string of the molecule is Cc1[nH]c(C=C2C(=O)Nc3ccc(F)cc32)c(C)c1C(=O)NC[C@H](O)Cn1c(O)cn(C)c1=O. The predicted molar refractivity (Wildman–Crippen MR) is 123 cm³/mol. The highest BCUT2D eigenvalue weighted by atomic mass is 19.1. The molecule has 1 aliphatic rings. The summed E-state index contributed by atoms with van der Waals surface area (Å²) < 4.78 is 15.9. The van der Waals surface area contributed by atoms with Crippen molar-refractivity contribution < 1.29 is 24.2 Å². The number of hydrogen-bond acceptors (Lipinski definition) is 5. The molecule has 0 radical (unpaired) electrons. The normalized spacial score (nSPS) is 14.9. The van der Waals surface area contributed by atoms with Crippen LogP contribution >= 0.6 is 0 Å². The number of aromatic nitrogens is 3. The highest BCUT2D eigenvalue weighted by Gasteiger charge is 2.26. The number of imidazole rings is 1. The van der Waals surface area contributed by atoms with Gasteiger partial charge >= 0.3 is 5.69 Å². The van der Waals surface area contributed by atoms with Gasteiger partial charge in [0.15, 0.2) is 0 Å². The molecule has 10 nitrogen and oxygen atoms in total. The molecule has 0 spiro atoms. The number of fused-ring (bicyclic) bond motifs is 1. The molecule has 0 unspecified atom stereocenters. The van der Waals surface area contributed by atoms with Crippen molar-refractivity contribution in [3.63, 3.8) is 0 Å². The van der Waals surface area contributed by atoms with Gasteiger partial charge in [-0.1, -0.05) is 0 Å². The highest BCUT2D eigenvalue weighted by molar-refractivity contribution is 6.34. The number of hydrogen-bond donors (Lipinski definition) is 5. The van der Waals surface area contributed by atoms with Crippen molar-refractivity contribution in [1.82, 2.24) is 19.4 Å². The van der Waals surface area contributed by atoms with Crippen LogP contribution in [0, 0.1) is 19.7 Å². The first-order valence-corrected chi connectivity index (χ1v) is 10.5. The molecule has 0 bridgehead atoms. The molecule has 1 aliphatic heterocycles. The Kier molecular flexibility index (Phi) is 5.88. The minimum Gasteiger partial charge on any atom is -0.493 e. The Balaban J connectivity index is 1.51. The summed E-state index contributed by atoms with van der Waals surface area (Å²) in [6.45, 7) is 3.06. The van der Waals surface area contributed by atoms with Crippen molar-refractivity contribution in [2.75, 3.05) is 11.9 Å². The van der Waals surface area contributed by atoms with E-state index in [2.05, 4.69) is 15.6 Å². The van der Waals surface area contributed by atoms with E-state index >= 15 is 0 Å². The lowest BCUT2D eigenvalue weighted by Gasteiger charge is -2.13. The number of benzene rings is 1. The molecule has 3 aromatic rings. The Hall–Kier alpha value is -4.12. The minimum atomic E-state index is -1.12. The van der Waals surface area contributed by atoms with Gasteiger partial charge in [-0.25, -0.2) is 9.18 Å². The Morgan fingerprint density at radius 2 is 2.03 bits per heavy atom. The number of nitrogens with one attached hydrogen (secondary N) is 3. The maximum atomic E-state index is 13.7. The van der Waals surface area contributed by atoms with Crippen LogP contribution in [-0.2, 0) is 18.4 Å². The van der Waals surface area contributed by atoms with E-state index in [9.17, 15) is 29.0 Å². The van der Waals surface area contributed by atoms with Gasteiger partial charge in [0.1, 0.15) is 5.82 Å². The minimum absolute atomic E-state index is 0.158. The van der Waals surface area contributed by atoms with Crippen LogP contribution in [0.2, 0.25) is 0 Å². The fourth-order valence-electron chi connectivity index (χ4n) is 4.04. The number of H-pyrrole nitrogens is 1. The van der Waals surface area contributed by atoms with Crippen molar-refractivity contribution in [2.24, 2.45) is 7.05 Å². The smallest absolute Gasteiger partial charge is 0.330 e. The number of aliphatic hydroxyl groups is 1. The number of aromatic amines is 1. The van der Waals surface area contributed by atoms with E-state index in [4.69, 9.17) is 0 Å². The van der Waals surface area contributed by atoms with Crippen LogP contribution in [0.4, 0.5) is 10.1 Å². The van der Waals surface area contributed by atoms with Crippen LogP contribution in [-0.4, -0.2) is 48.8 Å². The molecule has 178 valence electrons. The molecule has 2 aromatic heterocycles. The molecule has 34 heavy (non-hydrogen) atoms. The summed E-state index contributed by atoms with van der Waals surface area (Å²) in [4.78, 5) is 40.2. The van der Waals surface area contributed by atoms with Gasteiger partial charge in [0.25, 0.3) is 11.8 Å². The molecule has 4 rings (SSSR count). The lowest BCUT2D eigenvalue weighted by molar-refractivity contribution is -0.110. The number of rotatable bonds is 6. The first-order valence-electron chi connectivity index (χ1n) is 10.5. The summed E-state index contributed by atoms with van der Waals surface area (Å²) in [7, 11) is 1.47. The van der Waals surface area contributed by atoms with E-state index in [1.54, 1.807) is 19.9 Å². The van der Waals surface area contributed by atoms with Crippen LogP contribution in [0.5, 0.6) is 5.88 Å². The van der Waals surface area contributed by atoms with Gasteiger partial charge in [-0.15, -0.1) is 0 Å². The number of anilines is 1. The van der Waals surface area contributed by atoms with Gasteiger partial charge in [0, 0.05) is 36.2 Å². The molecule has 0 fully saturated rings. The van der Waals surface area contributed by atoms with Crippen molar-refractivity contribution in [1.29, 1.82) is 0 Å². The van der Waals surface area contributed by atoms with E-state index in [0.717, 1.165) is 4.57 Å². The van der Waals surface area contributed by atoms with Crippen molar-refractivity contribution in [2.45, 2.75) is 26.5 Å². The monoisotopic (exact) mass is 469 g/mol. The third-order valence-electron chi connectivity index (χ3n) is 5.77. The molecule has 3 heterocycles. The number of carbonyl (C=O) groups excluding carboxylic acids is 2. The van der Waals surface area contributed by atoms with E-state index in [1.165, 1.54) is 36.0 Å². The summed E-state index contributed by atoms with van der Waals surface area (Å²) in [6.07, 6.45) is 1.68. The van der Waals surface area contributed by atoms with E-state index in [-0.39, 0.29) is 30.4 Å². The second-order valence-corrected chi connectivity index (χ2v) is 8.22.